The second-order valence-electron chi connectivity index (χ2n) is 7.31. The van der Waals surface area contributed by atoms with Crippen LogP contribution in [-0.4, -0.2) is 43.2 Å². The molecule has 5 rings (SSSR count). The quantitative estimate of drug-likeness (QED) is 0.434. The zero-order valence-corrected chi connectivity index (χ0v) is 17.7. The van der Waals surface area contributed by atoms with Crippen LogP contribution in [0.1, 0.15) is 33.5 Å². The van der Waals surface area contributed by atoms with E-state index < -0.39 is 5.95 Å². The van der Waals surface area contributed by atoms with Crippen molar-refractivity contribution >= 4 is 34.5 Å². The van der Waals surface area contributed by atoms with Gasteiger partial charge in [0.05, 0.1) is 37.0 Å². The number of thiazole rings is 1. The maximum atomic E-state index is 13.3. The largest absolute Gasteiger partial charge is 0.377 e. The first-order valence-electron chi connectivity index (χ1n) is 9.96. The number of anilines is 1. The standard InChI is InChI=1S/C22H19FN6O2S/c23-20-8-15(5-6-24-20)9-28-7-1-2-19(28)21(30)27-22-26-17(13-32-22)4-3-16-10-29(14-25-16)18-11-31-12-18/h1-8,10,13-14,18H,9,11-12H2,(H,26,27,30). The second-order valence-corrected chi connectivity index (χ2v) is 8.17. The molecule has 0 saturated carbocycles. The minimum absolute atomic E-state index is 0.282. The van der Waals surface area contributed by atoms with E-state index in [1.165, 1.54) is 23.6 Å². The molecule has 0 unspecified atom stereocenters. The topological polar surface area (TPSA) is 86.9 Å². The second kappa shape index (κ2) is 8.85. The third-order valence-corrected chi connectivity index (χ3v) is 5.81. The molecule has 0 radical (unpaired) electrons. The molecule has 0 bridgehead atoms. The molecule has 0 aromatic carbocycles. The van der Waals surface area contributed by atoms with Crippen LogP contribution in [0.15, 0.2) is 54.6 Å². The number of aromatic nitrogens is 5. The van der Waals surface area contributed by atoms with E-state index >= 15 is 0 Å². The fourth-order valence-electron chi connectivity index (χ4n) is 3.28. The van der Waals surface area contributed by atoms with Gasteiger partial charge < -0.3 is 13.9 Å². The van der Waals surface area contributed by atoms with Crippen LogP contribution < -0.4 is 5.32 Å². The molecule has 1 N–H and O–H groups in total. The molecule has 1 saturated heterocycles. The van der Waals surface area contributed by atoms with E-state index in [4.69, 9.17) is 4.74 Å². The summed E-state index contributed by atoms with van der Waals surface area (Å²) in [4.78, 5) is 25.1. The third kappa shape index (κ3) is 4.51. The lowest BCUT2D eigenvalue weighted by atomic mass is 10.2. The van der Waals surface area contributed by atoms with Crippen molar-refractivity contribution in [2.75, 3.05) is 18.5 Å². The number of nitrogens with one attached hydrogen (secondary N) is 1. The monoisotopic (exact) mass is 450 g/mol. The van der Waals surface area contributed by atoms with E-state index in [-0.39, 0.29) is 5.91 Å². The van der Waals surface area contributed by atoms with Crippen LogP contribution in [0.4, 0.5) is 9.52 Å². The highest BCUT2D eigenvalue weighted by molar-refractivity contribution is 7.14. The van der Waals surface area contributed by atoms with Crippen molar-refractivity contribution in [3.8, 4) is 0 Å². The van der Waals surface area contributed by atoms with Crippen LogP contribution in [0.2, 0.25) is 0 Å². The minimum atomic E-state index is -0.548. The van der Waals surface area contributed by atoms with Gasteiger partial charge >= 0.3 is 0 Å². The average molecular weight is 450 g/mol. The van der Waals surface area contributed by atoms with Crippen LogP contribution in [0.3, 0.4) is 0 Å². The Labute approximate surface area is 187 Å². The summed E-state index contributed by atoms with van der Waals surface area (Å²) >= 11 is 1.34. The smallest absolute Gasteiger partial charge is 0.274 e. The van der Waals surface area contributed by atoms with E-state index in [0.29, 0.717) is 23.4 Å². The van der Waals surface area contributed by atoms with Gasteiger partial charge in [-0.3, -0.25) is 10.1 Å². The number of carbonyl (C=O) groups is 1. The lowest BCUT2D eigenvalue weighted by Crippen LogP contribution is -2.29. The predicted octanol–water partition coefficient (Wildman–Crippen LogP) is 3.72. The Hall–Kier alpha value is -3.63. The zero-order chi connectivity index (χ0) is 21.9. The highest BCUT2D eigenvalue weighted by Gasteiger charge is 2.19. The van der Waals surface area contributed by atoms with Gasteiger partial charge in [0.25, 0.3) is 5.91 Å². The first-order chi connectivity index (χ1) is 15.6. The molecule has 1 amide bonds. The molecule has 0 atom stereocenters. The van der Waals surface area contributed by atoms with Gasteiger partial charge in [0.1, 0.15) is 5.69 Å². The Morgan fingerprint density at radius 1 is 1.28 bits per heavy atom. The number of nitrogens with zero attached hydrogens (tertiary/aromatic N) is 5. The molecular weight excluding hydrogens is 431 g/mol. The summed E-state index contributed by atoms with van der Waals surface area (Å²) in [6.07, 6.45) is 10.7. The van der Waals surface area contributed by atoms with Crippen molar-refractivity contribution < 1.29 is 13.9 Å². The maximum Gasteiger partial charge on any atom is 0.274 e. The van der Waals surface area contributed by atoms with Crippen LogP contribution in [0, 0.1) is 5.95 Å². The molecule has 1 aliphatic rings. The molecule has 1 aliphatic heterocycles. The molecule has 5 heterocycles. The molecule has 4 aromatic heterocycles. The molecule has 162 valence electrons. The van der Waals surface area contributed by atoms with Crippen LogP contribution in [-0.2, 0) is 11.3 Å². The molecule has 0 aliphatic carbocycles. The minimum Gasteiger partial charge on any atom is -0.377 e. The van der Waals surface area contributed by atoms with Crippen molar-refractivity contribution in [3.63, 3.8) is 0 Å². The number of halogens is 1. The summed E-state index contributed by atoms with van der Waals surface area (Å²) in [5, 5.41) is 5.19. The Balaban J connectivity index is 1.22. The lowest BCUT2D eigenvalue weighted by molar-refractivity contribution is -0.0233. The average Bonchev–Trinajstić information content (AvgIpc) is 3.47. The van der Waals surface area contributed by atoms with Gasteiger partial charge in [-0.2, -0.15) is 4.39 Å². The van der Waals surface area contributed by atoms with E-state index in [1.54, 1.807) is 35.3 Å². The van der Waals surface area contributed by atoms with Crippen molar-refractivity contribution in [1.82, 2.24) is 24.1 Å². The SMILES string of the molecule is O=C(Nc1nc(C=Cc2cn(C3COC3)cn2)cs1)c1cccn1Cc1ccnc(F)c1. The molecule has 4 aromatic rings. The number of hydrogen-bond acceptors (Lipinski definition) is 6. The molecule has 8 nitrogen and oxygen atoms in total. The maximum absolute atomic E-state index is 13.3. The number of rotatable bonds is 7. The Morgan fingerprint density at radius 3 is 2.97 bits per heavy atom. The summed E-state index contributed by atoms with van der Waals surface area (Å²) in [5.41, 5.74) is 2.74. The summed E-state index contributed by atoms with van der Waals surface area (Å²) in [7, 11) is 0. The summed E-state index contributed by atoms with van der Waals surface area (Å²) in [5.74, 6) is -0.830. The number of hydrogen-bond donors (Lipinski definition) is 1. The Bertz CT molecular complexity index is 1270. The van der Waals surface area contributed by atoms with Crippen LogP contribution in [0.5, 0.6) is 0 Å². The van der Waals surface area contributed by atoms with Gasteiger partial charge in [-0.25, -0.2) is 15.0 Å². The summed E-state index contributed by atoms with van der Waals surface area (Å²) in [6.45, 7) is 1.80. The first-order valence-corrected chi connectivity index (χ1v) is 10.8. The Kier molecular flexibility index (Phi) is 5.61. The fourth-order valence-corrected chi connectivity index (χ4v) is 3.96. The van der Waals surface area contributed by atoms with Gasteiger partial charge in [-0.1, -0.05) is 0 Å². The number of ether oxygens (including phenoxy) is 1. The number of pyridine rings is 1. The van der Waals surface area contributed by atoms with Crippen molar-refractivity contribution in [1.29, 1.82) is 0 Å². The highest BCUT2D eigenvalue weighted by atomic mass is 32.1. The number of imidazole rings is 1. The molecule has 32 heavy (non-hydrogen) atoms. The predicted molar refractivity (Wildman–Crippen MR) is 119 cm³/mol. The van der Waals surface area contributed by atoms with Gasteiger partial charge in [-0.05, 0) is 42.0 Å². The van der Waals surface area contributed by atoms with E-state index in [0.717, 1.165) is 30.2 Å². The van der Waals surface area contributed by atoms with Crippen molar-refractivity contribution in [2.24, 2.45) is 0 Å². The van der Waals surface area contributed by atoms with Gasteiger partial charge in [0.2, 0.25) is 5.95 Å². The van der Waals surface area contributed by atoms with E-state index in [9.17, 15) is 9.18 Å². The van der Waals surface area contributed by atoms with Gasteiger partial charge in [-0.15, -0.1) is 11.3 Å². The molecule has 0 spiro atoms. The van der Waals surface area contributed by atoms with Crippen molar-refractivity contribution in [3.05, 3.63) is 83.2 Å². The normalized spacial score (nSPS) is 14.0. The zero-order valence-electron chi connectivity index (χ0n) is 16.9. The lowest BCUT2D eigenvalue weighted by Gasteiger charge is -2.26. The van der Waals surface area contributed by atoms with E-state index in [2.05, 4.69) is 20.3 Å². The number of carbonyl (C=O) groups excluding carboxylic acids is 1. The molecular formula is C22H19FN6O2S. The first kappa shape index (κ1) is 20.3. The molecule has 1 fully saturated rings. The van der Waals surface area contributed by atoms with Crippen LogP contribution in [0.25, 0.3) is 12.2 Å². The highest BCUT2D eigenvalue weighted by Crippen LogP contribution is 2.20. The van der Waals surface area contributed by atoms with Crippen molar-refractivity contribution in [2.45, 2.75) is 12.6 Å². The van der Waals surface area contributed by atoms with Crippen LogP contribution >= 0.6 is 11.3 Å². The van der Waals surface area contributed by atoms with Gasteiger partial charge in [0.15, 0.2) is 5.13 Å². The summed E-state index contributed by atoms with van der Waals surface area (Å²) in [6, 6.07) is 6.92. The Morgan fingerprint density at radius 2 is 2.16 bits per heavy atom. The molecule has 10 heteroatoms. The fraction of sp³-hybridized carbons (Fsp3) is 0.182. The number of amides is 1. The van der Waals surface area contributed by atoms with E-state index in [1.807, 2.05) is 28.3 Å². The third-order valence-electron chi connectivity index (χ3n) is 5.04. The summed E-state index contributed by atoms with van der Waals surface area (Å²) < 4.78 is 22.4. The van der Waals surface area contributed by atoms with Gasteiger partial charge in [0, 0.05) is 30.5 Å².